The molecule has 2 aliphatic heterocycles. The smallest absolute Gasteiger partial charge is 0.333 e. The highest BCUT2D eigenvalue weighted by atomic mass is 19.3. The van der Waals surface area contributed by atoms with Crippen LogP contribution >= 0.6 is 0 Å². The van der Waals surface area contributed by atoms with Crippen molar-refractivity contribution in [1.29, 1.82) is 0 Å². The summed E-state index contributed by atoms with van der Waals surface area (Å²) < 4.78 is 25.9. The maximum atomic E-state index is 12.7. The lowest BCUT2D eigenvalue weighted by molar-refractivity contribution is 0.0501. The fourth-order valence-corrected chi connectivity index (χ4v) is 3.44. The molecule has 2 fully saturated rings. The molecule has 0 spiro atoms. The van der Waals surface area contributed by atoms with Gasteiger partial charge in [-0.2, -0.15) is 18.6 Å². The van der Waals surface area contributed by atoms with Gasteiger partial charge in [-0.25, -0.2) is 0 Å². The molecule has 0 aliphatic carbocycles. The van der Waals surface area contributed by atoms with Crippen LogP contribution in [0, 0.1) is 0 Å². The van der Waals surface area contributed by atoms with Gasteiger partial charge in [0, 0.05) is 24.3 Å². The zero-order valence-corrected chi connectivity index (χ0v) is 11.3. The predicted molar refractivity (Wildman–Crippen MR) is 68.5 cm³/mol. The van der Waals surface area contributed by atoms with E-state index in [1.54, 1.807) is 0 Å². The molecule has 2 saturated heterocycles. The Hall–Kier alpha value is -1.50. The maximum Gasteiger partial charge on any atom is 0.333 e. The number of carbonyl (C=O) groups excluding carboxylic acids is 1. The highest BCUT2D eigenvalue weighted by Crippen LogP contribution is 2.34. The Morgan fingerprint density at radius 3 is 2.65 bits per heavy atom. The summed E-state index contributed by atoms with van der Waals surface area (Å²) in [6.07, 6.45) is 5.31. The second-order valence-corrected chi connectivity index (χ2v) is 5.63. The normalized spacial score (nSPS) is 29.9. The van der Waals surface area contributed by atoms with Gasteiger partial charge in [0.2, 0.25) is 0 Å². The average molecular weight is 284 g/mol. The average Bonchev–Trinajstić information content (AvgIpc) is 2.94. The van der Waals surface area contributed by atoms with Gasteiger partial charge in [0.25, 0.3) is 5.91 Å². The van der Waals surface area contributed by atoms with E-state index >= 15 is 0 Å². The Bertz CT molecular complexity index is 490. The number of halogens is 2. The lowest BCUT2D eigenvalue weighted by Crippen LogP contribution is -2.49. The largest absolute Gasteiger partial charge is 0.348 e. The molecule has 0 aromatic carbocycles. The van der Waals surface area contributed by atoms with Crippen molar-refractivity contribution in [2.75, 3.05) is 7.05 Å². The third-order valence-corrected chi connectivity index (χ3v) is 4.52. The molecule has 1 amide bonds. The minimum absolute atomic E-state index is 0.0669. The molecule has 1 N–H and O–H groups in total. The van der Waals surface area contributed by atoms with E-state index < -0.39 is 12.5 Å². The first-order valence-corrected chi connectivity index (χ1v) is 6.90. The number of carbonyl (C=O) groups is 1. The third-order valence-electron chi connectivity index (χ3n) is 4.52. The molecule has 3 heterocycles. The van der Waals surface area contributed by atoms with Crippen LogP contribution in [0.2, 0.25) is 0 Å². The number of hydrogen-bond donors (Lipinski definition) is 1. The summed E-state index contributed by atoms with van der Waals surface area (Å²) in [6, 6.07) is 2.39. The van der Waals surface area contributed by atoms with Gasteiger partial charge in [0.15, 0.2) is 0 Å². The topological polar surface area (TPSA) is 50.2 Å². The van der Waals surface area contributed by atoms with Crippen molar-refractivity contribution in [3.05, 3.63) is 18.0 Å². The molecule has 1 aromatic heterocycles. The van der Waals surface area contributed by atoms with Gasteiger partial charge in [-0.05, 0) is 38.8 Å². The predicted octanol–water partition coefficient (Wildman–Crippen LogP) is 1.63. The highest BCUT2D eigenvalue weighted by molar-refractivity contribution is 5.92. The monoisotopic (exact) mass is 284 g/mol. The number of nitrogens with zero attached hydrogens (tertiary/aromatic N) is 3. The van der Waals surface area contributed by atoms with E-state index in [4.69, 9.17) is 0 Å². The molecule has 7 heteroatoms. The van der Waals surface area contributed by atoms with E-state index in [1.165, 1.54) is 12.3 Å². The zero-order valence-electron chi connectivity index (χ0n) is 11.3. The van der Waals surface area contributed by atoms with E-state index in [9.17, 15) is 13.6 Å². The van der Waals surface area contributed by atoms with Gasteiger partial charge in [0.1, 0.15) is 5.69 Å². The quantitative estimate of drug-likeness (QED) is 0.918. The molecule has 110 valence electrons. The number of alkyl halides is 2. The molecule has 1 aromatic rings. The lowest BCUT2D eigenvalue weighted by Gasteiger charge is -2.36. The van der Waals surface area contributed by atoms with Crippen LogP contribution in [0.25, 0.3) is 0 Å². The van der Waals surface area contributed by atoms with E-state index in [0.717, 1.165) is 25.7 Å². The first kappa shape index (κ1) is 13.5. The van der Waals surface area contributed by atoms with E-state index in [0.29, 0.717) is 16.8 Å². The van der Waals surface area contributed by atoms with E-state index in [-0.39, 0.29) is 11.7 Å². The molecular weight excluding hydrogens is 266 g/mol. The first-order chi connectivity index (χ1) is 9.56. The molecule has 0 saturated carbocycles. The number of aromatic nitrogens is 2. The minimum Gasteiger partial charge on any atom is -0.348 e. The summed E-state index contributed by atoms with van der Waals surface area (Å²) in [4.78, 5) is 14.5. The summed E-state index contributed by atoms with van der Waals surface area (Å²) in [5.74, 6) is -0.461. The summed E-state index contributed by atoms with van der Waals surface area (Å²) in [5, 5.41) is 6.36. The molecular formula is C13H18F2N4O. The molecule has 0 radical (unpaired) electrons. The molecule has 0 unspecified atom stereocenters. The Labute approximate surface area is 115 Å². The molecule has 20 heavy (non-hydrogen) atoms. The molecule has 2 aliphatic rings. The highest BCUT2D eigenvalue weighted by Gasteiger charge is 2.39. The van der Waals surface area contributed by atoms with Crippen molar-refractivity contribution in [2.24, 2.45) is 0 Å². The minimum atomic E-state index is -2.79. The van der Waals surface area contributed by atoms with Gasteiger partial charge in [-0.3, -0.25) is 4.79 Å². The fourth-order valence-electron chi connectivity index (χ4n) is 3.44. The van der Waals surface area contributed by atoms with Crippen LogP contribution in [0.1, 0.15) is 42.7 Å². The SMILES string of the molecule is CN1[C@@H]2CC[C@@H]1CC(NC(=O)c1ccnn1C(F)F)C2. The molecule has 2 atom stereocenters. The van der Waals surface area contributed by atoms with Gasteiger partial charge < -0.3 is 10.2 Å². The number of rotatable bonds is 3. The Morgan fingerprint density at radius 2 is 2.05 bits per heavy atom. The Morgan fingerprint density at radius 1 is 1.40 bits per heavy atom. The van der Waals surface area contributed by atoms with Crippen molar-refractivity contribution < 1.29 is 13.6 Å². The van der Waals surface area contributed by atoms with Crippen LogP contribution in [0.3, 0.4) is 0 Å². The summed E-state index contributed by atoms with van der Waals surface area (Å²) in [6.45, 7) is -2.79. The van der Waals surface area contributed by atoms with E-state index in [2.05, 4.69) is 22.4 Å². The Kier molecular flexibility index (Phi) is 3.45. The van der Waals surface area contributed by atoms with Crippen molar-refractivity contribution >= 4 is 5.91 Å². The maximum absolute atomic E-state index is 12.7. The molecule has 2 bridgehead atoms. The van der Waals surface area contributed by atoms with Crippen molar-refractivity contribution in [2.45, 2.75) is 50.4 Å². The fraction of sp³-hybridized carbons (Fsp3) is 0.692. The standard InChI is InChI=1S/C13H18F2N4O/c1-18-9-2-3-10(18)7-8(6-9)17-12(20)11-4-5-16-19(11)13(14)15/h4-5,8-10,13H,2-3,6-7H2,1H3,(H,17,20)/t9-,10-/m1/s1. The second-order valence-electron chi connectivity index (χ2n) is 5.63. The number of hydrogen-bond acceptors (Lipinski definition) is 3. The van der Waals surface area contributed by atoms with Crippen LogP contribution in [0.4, 0.5) is 8.78 Å². The number of piperidine rings is 1. The zero-order chi connectivity index (χ0) is 14.3. The van der Waals surface area contributed by atoms with E-state index in [1.807, 2.05) is 0 Å². The van der Waals surface area contributed by atoms with Crippen molar-refractivity contribution in [3.63, 3.8) is 0 Å². The van der Waals surface area contributed by atoms with Crippen molar-refractivity contribution in [3.8, 4) is 0 Å². The number of amides is 1. The van der Waals surface area contributed by atoms with Crippen molar-refractivity contribution in [1.82, 2.24) is 20.0 Å². The number of nitrogens with one attached hydrogen (secondary N) is 1. The van der Waals surface area contributed by atoms with Gasteiger partial charge in [-0.15, -0.1) is 0 Å². The van der Waals surface area contributed by atoms with Crippen LogP contribution < -0.4 is 5.32 Å². The van der Waals surface area contributed by atoms with Gasteiger partial charge in [-0.1, -0.05) is 0 Å². The van der Waals surface area contributed by atoms with Crippen LogP contribution in [0.5, 0.6) is 0 Å². The summed E-state index contributed by atoms with van der Waals surface area (Å²) in [5.41, 5.74) is -0.0775. The number of fused-ring (bicyclic) bond motifs is 2. The first-order valence-electron chi connectivity index (χ1n) is 6.90. The van der Waals surface area contributed by atoms with Crippen LogP contribution in [-0.2, 0) is 0 Å². The molecule has 5 nitrogen and oxygen atoms in total. The van der Waals surface area contributed by atoms with Gasteiger partial charge >= 0.3 is 6.55 Å². The third kappa shape index (κ3) is 2.30. The van der Waals surface area contributed by atoms with Gasteiger partial charge in [0.05, 0.1) is 0 Å². The molecule has 3 rings (SSSR count). The van der Waals surface area contributed by atoms with Crippen LogP contribution in [-0.4, -0.2) is 45.8 Å². The summed E-state index contributed by atoms with van der Waals surface area (Å²) in [7, 11) is 2.12. The summed E-state index contributed by atoms with van der Waals surface area (Å²) >= 11 is 0. The Balaban J connectivity index is 1.66. The second kappa shape index (κ2) is 5.12. The van der Waals surface area contributed by atoms with Crippen LogP contribution in [0.15, 0.2) is 12.3 Å². The lowest BCUT2D eigenvalue weighted by atomic mass is 9.98.